The van der Waals surface area contributed by atoms with Gasteiger partial charge in [0.15, 0.2) is 5.82 Å². The molecule has 0 aliphatic rings. The van der Waals surface area contributed by atoms with E-state index in [4.69, 9.17) is 10.3 Å². The Bertz CT molecular complexity index is 542. The average molecular weight is 273 g/mol. The van der Waals surface area contributed by atoms with Gasteiger partial charge in [0.05, 0.1) is 11.5 Å². The van der Waals surface area contributed by atoms with Crippen LogP contribution >= 0.6 is 0 Å². The van der Waals surface area contributed by atoms with Crippen LogP contribution in [0.15, 0.2) is 34.9 Å². The van der Waals surface area contributed by atoms with Gasteiger partial charge in [0.2, 0.25) is 5.89 Å². The zero-order chi connectivity index (χ0) is 14.8. The Hall–Kier alpha value is -1.68. The summed E-state index contributed by atoms with van der Waals surface area (Å²) in [7, 11) is 0. The number of benzene rings is 1. The molecule has 0 aliphatic carbocycles. The molecule has 0 radical (unpaired) electrons. The highest BCUT2D eigenvalue weighted by molar-refractivity contribution is 5.25. The van der Waals surface area contributed by atoms with Crippen LogP contribution in [0.25, 0.3) is 0 Å². The predicted octanol–water partition coefficient (Wildman–Crippen LogP) is 3.44. The molecule has 20 heavy (non-hydrogen) atoms. The first-order valence-corrected chi connectivity index (χ1v) is 7.11. The second kappa shape index (κ2) is 5.75. The van der Waals surface area contributed by atoms with Crippen LogP contribution in [0, 0.1) is 5.92 Å². The molecule has 1 aromatic carbocycles. The lowest BCUT2D eigenvalue weighted by Gasteiger charge is -2.19. The third-order valence-electron chi connectivity index (χ3n) is 3.66. The van der Waals surface area contributed by atoms with Crippen molar-refractivity contribution in [2.45, 2.75) is 45.6 Å². The molecule has 0 amide bonds. The Balaban J connectivity index is 2.40. The molecule has 0 saturated carbocycles. The summed E-state index contributed by atoms with van der Waals surface area (Å²) in [6.07, 6.45) is 1.04. The summed E-state index contributed by atoms with van der Waals surface area (Å²) in [5, 5.41) is 4.04. The molecular formula is C16H23N3O. The molecule has 0 aliphatic heterocycles. The highest BCUT2D eigenvalue weighted by Gasteiger charge is 2.29. The molecule has 4 nitrogen and oxygen atoms in total. The molecule has 2 rings (SSSR count). The van der Waals surface area contributed by atoms with Crippen molar-refractivity contribution in [2.24, 2.45) is 11.7 Å². The Morgan fingerprint density at radius 2 is 1.90 bits per heavy atom. The van der Waals surface area contributed by atoms with Crippen LogP contribution in [0.2, 0.25) is 0 Å². The topological polar surface area (TPSA) is 64.9 Å². The quantitative estimate of drug-likeness (QED) is 0.906. The van der Waals surface area contributed by atoms with E-state index in [-0.39, 0.29) is 5.92 Å². The summed E-state index contributed by atoms with van der Waals surface area (Å²) < 4.78 is 5.49. The van der Waals surface area contributed by atoms with Crippen LogP contribution in [0.3, 0.4) is 0 Å². The fourth-order valence-electron chi connectivity index (χ4n) is 2.23. The minimum atomic E-state index is -0.585. The first-order chi connectivity index (χ1) is 9.43. The lowest BCUT2D eigenvalue weighted by molar-refractivity contribution is 0.323. The third-order valence-corrected chi connectivity index (χ3v) is 3.66. The van der Waals surface area contributed by atoms with E-state index >= 15 is 0 Å². The molecular weight excluding hydrogens is 250 g/mol. The number of hydrogen-bond donors (Lipinski definition) is 1. The molecule has 0 fully saturated rings. The molecule has 2 unspecified atom stereocenters. The highest BCUT2D eigenvalue weighted by Crippen LogP contribution is 2.33. The standard InChI is InChI=1S/C16H23N3O/c1-5-11(2)13(12-9-7-6-8-10-12)14-18-15(19-20-14)16(3,4)17/h6-11,13H,5,17H2,1-4H3. The van der Waals surface area contributed by atoms with E-state index in [1.807, 2.05) is 32.0 Å². The van der Waals surface area contributed by atoms with Crippen LogP contribution < -0.4 is 5.73 Å². The lowest BCUT2D eigenvalue weighted by Crippen LogP contribution is -2.30. The largest absolute Gasteiger partial charge is 0.339 e. The summed E-state index contributed by atoms with van der Waals surface area (Å²) in [4.78, 5) is 4.52. The summed E-state index contributed by atoms with van der Waals surface area (Å²) in [6.45, 7) is 8.13. The second-order valence-corrected chi connectivity index (χ2v) is 5.95. The molecule has 4 heteroatoms. The maximum absolute atomic E-state index is 6.03. The normalized spacial score (nSPS) is 15.1. The van der Waals surface area contributed by atoms with Gasteiger partial charge < -0.3 is 10.3 Å². The molecule has 1 heterocycles. The Morgan fingerprint density at radius 3 is 2.40 bits per heavy atom. The smallest absolute Gasteiger partial charge is 0.234 e. The molecule has 0 saturated heterocycles. The maximum Gasteiger partial charge on any atom is 0.234 e. The van der Waals surface area contributed by atoms with Gasteiger partial charge in [0.1, 0.15) is 0 Å². The molecule has 1 aromatic heterocycles. The van der Waals surface area contributed by atoms with Gasteiger partial charge in [-0.25, -0.2) is 0 Å². The van der Waals surface area contributed by atoms with Crippen LogP contribution in [0.1, 0.15) is 57.3 Å². The zero-order valence-corrected chi connectivity index (χ0v) is 12.6. The Labute approximate surface area is 120 Å². The van der Waals surface area contributed by atoms with Crippen LogP contribution in [-0.2, 0) is 5.54 Å². The maximum atomic E-state index is 6.03. The minimum absolute atomic E-state index is 0.116. The van der Waals surface area contributed by atoms with Crippen molar-refractivity contribution >= 4 is 0 Å². The van der Waals surface area contributed by atoms with E-state index in [1.54, 1.807) is 0 Å². The number of aromatic nitrogens is 2. The van der Waals surface area contributed by atoms with E-state index in [0.717, 1.165) is 6.42 Å². The van der Waals surface area contributed by atoms with Crippen LogP contribution in [0.4, 0.5) is 0 Å². The van der Waals surface area contributed by atoms with Crippen LogP contribution in [0.5, 0.6) is 0 Å². The van der Waals surface area contributed by atoms with E-state index in [2.05, 4.69) is 36.1 Å². The SMILES string of the molecule is CCC(C)C(c1ccccc1)c1nc(C(C)(C)N)no1. The fourth-order valence-corrected chi connectivity index (χ4v) is 2.23. The lowest BCUT2D eigenvalue weighted by atomic mass is 9.85. The highest BCUT2D eigenvalue weighted by atomic mass is 16.5. The van der Waals surface area contributed by atoms with Crippen molar-refractivity contribution in [1.82, 2.24) is 10.1 Å². The number of nitrogens with two attached hydrogens (primary N) is 1. The van der Waals surface area contributed by atoms with Crippen molar-refractivity contribution < 1.29 is 4.52 Å². The number of nitrogens with zero attached hydrogens (tertiary/aromatic N) is 2. The third kappa shape index (κ3) is 3.07. The summed E-state index contributed by atoms with van der Waals surface area (Å²) in [6, 6.07) is 10.3. The van der Waals surface area contributed by atoms with Crippen LogP contribution in [-0.4, -0.2) is 10.1 Å². The minimum Gasteiger partial charge on any atom is -0.339 e. The van der Waals surface area contributed by atoms with E-state index < -0.39 is 5.54 Å². The zero-order valence-electron chi connectivity index (χ0n) is 12.6. The van der Waals surface area contributed by atoms with E-state index in [1.165, 1.54) is 5.56 Å². The summed E-state index contributed by atoms with van der Waals surface area (Å²) in [5.74, 6) is 1.74. The first kappa shape index (κ1) is 14.7. The van der Waals surface area contributed by atoms with E-state index in [0.29, 0.717) is 17.6 Å². The van der Waals surface area contributed by atoms with Crippen molar-refractivity contribution in [1.29, 1.82) is 0 Å². The molecule has 2 N–H and O–H groups in total. The van der Waals surface area contributed by atoms with Crippen molar-refractivity contribution in [2.75, 3.05) is 0 Å². The Kier molecular flexibility index (Phi) is 4.23. The van der Waals surface area contributed by atoms with Gasteiger partial charge in [0, 0.05) is 0 Å². The first-order valence-electron chi connectivity index (χ1n) is 7.11. The average Bonchev–Trinajstić information content (AvgIpc) is 2.89. The van der Waals surface area contributed by atoms with Gasteiger partial charge in [-0.1, -0.05) is 55.8 Å². The van der Waals surface area contributed by atoms with Gasteiger partial charge in [-0.15, -0.1) is 0 Å². The van der Waals surface area contributed by atoms with Gasteiger partial charge in [-0.2, -0.15) is 4.98 Å². The molecule has 2 aromatic rings. The van der Waals surface area contributed by atoms with Crippen molar-refractivity contribution in [3.63, 3.8) is 0 Å². The Morgan fingerprint density at radius 1 is 1.25 bits per heavy atom. The van der Waals surface area contributed by atoms with Crippen molar-refractivity contribution in [3.8, 4) is 0 Å². The number of rotatable bonds is 5. The summed E-state index contributed by atoms with van der Waals surface area (Å²) >= 11 is 0. The second-order valence-electron chi connectivity index (χ2n) is 5.95. The molecule has 0 spiro atoms. The number of hydrogen-bond acceptors (Lipinski definition) is 4. The molecule has 108 valence electrons. The van der Waals surface area contributed by atoms with Crippen molar-refractivity contribution in [3.05, 3.63) is 47.6 Å². The fraction of sp³-hybridized carbons (Fsp3) is 0.500. The van der Waals surface area contributed by atoms with Gasteiger partial charge >= 0.3 is 0 Å². The van der Waals surface area contributed by atoms with Gasteiger partial charge in [-0.3, -0.25) is 0 Å². The van der Waals surface area contributed by atoms with E-state index in [9.17, 15) is 0 Å². The predicted molar refractivity (Wildman–Crippen MR) is 79.3 cm³/mol. The molecule has 0 bridgehead atoms. The van der Waals surface area contributed by atoms with Gasteiger partial charge in [0.25, 0.3) is 0 Å². The van der Waals surface area contributed by atoms with Gasteiger partial charge in [-0.05, 0) is 25.3 Å². The summed E-state index contributed by atoms with van der Waals surface area (Å²) in [5.41, 5.74) is 6.65. The monoisotopic (exact) mass is 273 g/mol. The molecule has 2 atom stereocenters.